The second-order valence-electron chi connectivity index (χ2n) is 4.85. The molecule has 98 valence electrons. The molecule has 19 heavy (non-hydrogen) atoms. The van der Waals surface area contributed by atoms with Gasteiger partial charge in [0.05, 0.1) is 18.4 Å². The Hall–Kier alpha value is -1.87. The van der Waals surface area contributed by atoms with E-state index < -0.39 is 6.10 Å². The summed E-state index contributed by atoms with van der Waals surface area (Å²) in [5.74, 6) is 1.01. The standard InChI is InChI=1S/C16H17NO2/c18-15(14-3-1-2-9-17-14)6-4-12-5-7-16-13(11-12)8-10-19-16/h1-3,5,7,9,11,15,18H,4,6,8,10H2. The molecule has 0 radical (unpaired) electrons. The first-order valence-corrected chi connectivity index (χ1v) is 6.66. The van der Waals surface area contributed by atoms with Crippen LogP contribution in [-0.4, -0.2) is 16.7 Å². The summed E-state index contributed by atoms with van der Waals surface area (Å²) in [6.45, 7) is 0.787. The molecule has 0 fully saturated rings. The summed E-state index contributed by atoms with van der Waals surface area (Å²) >= 11 is 0. The number of nitrogens with zero attached hydrogens (tertiary/aromatic N) is 1. The van der Waals surface area contributed by atoms with E-state index in [0.29, 0.717) is 6.42 Å². The third-order valence-electron chi connectivity index (χ3n) is 3.49. The minimum absolute atomic E-state index is 0.495. The predicted molar refractivity (Wildman–Crippen MR) is 73.2 cm³/mol. The summed E-state index contributed by atoms with van der Waals surface area (Å²) < 4.78 is 5.49. The van der Waals surface area contributed by atoms with Gasteiger partial charge in [-0.2, -0.15) is 0 Å². The molecule has 1 aromatic carbocycles. The van der Waals surface area contributed by atoms with Crippen molar-refractivity contribution in [1.82, 2.24) is 4.98 Å². The van der Waals surface area contributed by atoms with E-state index in [-0.39, 0.29) is 0 Å². The molecule has 3 rings (SSSR count). The van der Waals surface area contributed by atoms with Gasteiger partial charge in [-0.15, -0.1) is 0 Å². The summed E-state index contributed by atoms with van der Waals surface area (Å²) in [5.41, 5.74) is 3.27. The average molecular weight is 255 g/mol. The van der Waals surface area contributed by atoms with Gasteiger partial charge >= 0.3 is 0 Å². The van der Waals surface area contributed by atoms with Gasteiger partial charge in [-0.3, -0.25) is 4.98 Å². The normalized spacial score (nSPS) is 14.8. The lowest BCUT2D eigenvalue weighted by Crippen LogP contribution is -2.01. The van der Waals surface area contributed by atoms with Crippen LogP contribution in [0.3, 0.4) is 0 Å². The van der Waals surface area contributed by atoms with Gasteiger partial charge in [0.2, 0.25) is 0 Å². The summed E-state index contributed by atoms with van der Waals surface area (Å²) in [6, 6.07) is 11.9. The van der Waals surface area contributed by atoms with Crippen molar-refractivity contribution in [3.63, 3.8) is 0 Å². The Bertz CT molecular complexity index is 554. The van der Waals surface area contributed by atoms with E-state index in [1.807, 2.05) is 24.3 Å². The number of aliphatic hydroxyl groups is 1. The Morgan fingerprint density at radius 1 is 1.26 bits per heavy atom. The van der Waals surface area contributed by atoms with E-state index in [4.69, 9.17) is 4.74 Å². The summed E-state index contributed by atoms with van der Waals surface area (Å²) in [4.78, 5) is 4.18. The first kappa shape index (κ1) is 12.2. The van der Waals surface area contributed by atoms with Crippen molar-refractivity contribution in [2.45, 2.75) is 25.4 Å². The second kappa shape index (κ2) is 5.41. The van der Waals surface area contributed by atoms with Gasteiger partial charge in [0.15, 0.2) is 0 Å². The highest BCUT2D eigenvalue weighted by atomic mass is 16.5. The minimum Gasteiger partial charge on any atom is -0.493 e. The number of benzene rings is 1. The molecule has 3 nitrogen and oxygen atoms in total. The lowest BCUT2D eigenvalue weighted by Gasteiger charge is -2.10. The Kier molecular flexibility index (Phi) is 3.47. The molecule has 0 saturated heterocycles. The van der Waals surface area contributed by atoms with Crippen molar-refractivity contribution in [1.29, 1.82) is 0 Å². The van der Waals surface area contributed by atoms with Crippen LogP contribution in [0.2, 0.25) is 0 Å². The van der Waals surface area contributed by atoms with Crippen molar-refractivity contribution in [2.75, 3.05) is 6.61 Å². The predicted octanol–water partition coefficient (Wildman–Crippen LogP) is 2.68. The van der Waals surface area contributed by atoms with Crippen LogP contribution in [0.25, 0.3) is 0 Å². The zero-order chi connectivity index (χ0) is 13.1. The van der Waals surface area contributed by atoms with Crippen molar-refractivity contribution in [3.05, 3.63) is 59.4 Å². The number of pyridine rings is 1. The van der Waals surface area contributed by atoms with Gasteiger partial charge in [-0.05, 0) is 42.2 Å². The number of ether oxygens (including phenoxy) is 1. The van der Waals surface area contributed by atoms with Crippen LogP contribution in [0, 0.1) is 0 Å². The molecule has 0 bridgehead atoms. The third kappa shape index (κ3) is 2.76. The van der Waals surface area contributed by atoms with Crippen LogP contribution >= 0.6 is 0 Å². The highest BCUT2D eigenvalue weighted by molar-refractivity contribution is 5.39. The average Bonchev–Trinajstić information content (AvgIpc) is 2.93. The molecule has 1 atom stereocenters. The highest BCUT2D eigenvalue weighted by Gasteiger charge is 2.13. The largest absolute Gasteiger partial charge is 0.493 e. The topological polar surface area (TPSA) is 42.4 Å². The summed E-state index contributed by atoms with van der Waals surface area (Å²) in [5, 5.41) is 10.1. The SMILES string of the molecule is OC(CCc1ccc2c(c1)CCO2)c1ccccn1. The van der Waals surface area contributed by atoms with Gasteiger partial charge in [0.1, 0.15) is 5.75 Å². The minimum atomic E-state index is -0.495. The fraction of sp³-hybridized carbons (Fsp3) is 0.312. The zero-order valence-corrected chi connectivity index (χ0v) is 10.7. The molecule has 1 aliphatic rings. The number of fused-ring (bicyclic) bond motifs is 1. The van der Waals surface area contributed by atoms with Crippen molar-refractivity contribution >= 4 is 0 Å². The Morgan fingerprint density at radius 3 is 3.05 bits per heavy atom. The van der Waals surface area contributed by atoms with Crippen LogP contribution in [-0.2, 0) is 12.8 Å². The zero-order valence-electron chi connectivity index (χ0n) is 10.7. The van der Waals surface area contributed by atoms with Gasteiger partial charge in [0.25, 0.3) is 0 Å². The van der Waals surface area contributed by atoms with Crippen LogP contribution in [0.15, 0.2) is 42.6 Å². The third-order valence-corrected chi connectivity index (χ3v) is 3.49. The number of rotatable bonds is 4. The molecule has 3 heteroatoms. The van der Waals surface area contributed by atoms with Crippen molar-refractivity contribution < 1.29 is 9.84 Å². The number of hydrogen-bond acceptors (Lipinski definition) is 3. The van der Waals surface area contributed by atoms with Crippen molar-refractivity contribution in [2.24, 2.45) is 0 Å². The van der Waals surface area contributed by atoms with Gasteiger partial charge in [0, 0.05) is 12.6 Å². The number of hydrogen-bond donors (Lipinski definition) is 1. The first-order valence-electron chi connectivity index (χ1n) is 6.66. The van der Waals surface area contributed by atoms with Crippen molar-refractivity contribution in [3.8, 4) is 5.75 Å². The maximum absolute atomic E-state index is 10.1. The molecule has 0 spiro atoms. The maximum Gasteiger partial charge on any atom is 0.122 e. The first-order chi connectivity index (χ1) is 9.33. The molecule has 2 aromatic rings. The fourth-order valence-electron chi connectivity index (χ4n) is 2.42. The van der Waals surface area contributed by atoms with Gasteiger partial charge < -0.3 is 9.84 Å². The molecule has 0 saturated carbocycles. The number of aryl methyl sites for hydroxylation is 1. The molecule has 2 heterocycles. The smallest absolute Gasteiger partial charge is 0.122 e. The fourth-order valence-corrected chi connectivity index (χ4v) is 2.42. The monoisotopic (exact) mass is 255 g/mol. The van der Waals surface area contributed by atoms with Crippen LogP contribution in [0.4, 0.5) is 0 Å². The molecule has 1 aliphatic heterocycles. The second-order valence-corrected chi connectivity index (χ2v) is 4.85. The van der Waals surface area contributed by atoms with Crippen LogP contribution < -0.4 is 4.74 Å². The lowest BCUT2D eigenvalue weighted by molar-refractivity contribution is 0.163. The summed E-state index contributed by atoms with van der Waals surface area (Å²) in [7, 11) is 0. The van der Waals surface area contributed by atoms with Crippen LogP contribution in [0.5, 0.6) is 5.75 Å². The van der Waals surface area contributed by atoms with E-state index in [1.165, 1.54) is 11.1 Å². The number of aromatic nitrogens is 1. The molecule has 0 aliphatic carbocycles. The Balaban J connectivity index is 1.63. The van der Waals surface area contributed by atoms with Gasteiger partial charge in [-0.1, -0.05) is 18.2 Å². The molecular weight excluding hydrogens is 238 g/mol. The van der Waals surface area contributed by atoms with E-state index in [2.05, 4.69) is 17.1 Å². The lowest BCUT2D eigenvalue weighted by atomic mass is 10.0. The van der Waals surface area contributed by atoms with Gasteiger partial charge in [-0.25, -0.2) is 0 Å². The van der Waals surface area contributed by atoms with Crippen LogP contribution in [0.1, 0.15) is 29.3 Å². The molecule has 1 unspecified atom stereocenters. The Morgan fingerprint density at radius 2 is 2.21 bits per heavy atom. The van der Waals surface area contributed by atoms with E-state index in [1.54, 1.807) is 6.20 Å². The molecule has 1 aromatic heterocycles. The highest BCUT2D eigenvalue weighted by Crippen LogP contribution is 2.27. The maximum atomic E-state index is 10.1. The number of aliphatic hydroxyl groups excluding tert-OH is 1. The van der Waals surface area contributed by atoms with E-state index in [0.717, 1.165) is 30.9 Å². The molecule has 1 N–H and O–H groups in total. The summed E-state index contributed by atoms with van der Waals surface area (Å²) in [6.07, 6.45) is 3.75. The molecular formula is C16H17NO2. The van der Waals surface area contributed by atoms with E-state index >= 15 is 0 Å². The van der Waals surface area contributed by atoms with E-state index in [9.17, 15) is 5.11 Å². The molecule has 0 amide bonds. The Labute approximate surface area is 112 Å². The quantitative estimate of drug-likeness (QED) is 0.913.